The minimum atomic E-state index is -0.125. The molecular formula is C11H10BrN3OS. The van der Waals surface area contributed by atoms with Crippen molar-refractivity contribution in [3.8, 4) is 11.3 Å². The molecule has 1 amide bonds. The second-order valence-electron chi connectivity index (χ2n) is 3.32. The van der Waals surface area contributed by atoms with Crippen molar-refractivity contribution in [3.63, 3.8) is 0 Å². The molecule has 0 spiro atoms. The zero-order valence-electron chi connectivity index (χ0n) is 9.11. The maximum Gasteiger partial charge on any atom is 0.265 e. The molecule has 2 rings (SSSR count). The number of nitrogens with one attached hydrogen (secondary N) is 1. The average Bonchev–Trinajstić information content (AvgIpc) is 2.79. The first-order chi connectivity index (χ1) is 8.22. The molecular weight excluding hydrogens is 302 g/mol. The van der Waals surface area contributed by atoms with E-state index in [2.05, 4.69) is 30.8 Å². The van der Waals surface area contributed by atoms with Gasteiger partial charge in [-0.1, -0.05) is 32.6 Å². The summed E-state index contributed by atoms with van der Waals surface area (Å²) in [5.74, 6) is -0.125. The van der Waals surface area contributed by atoms with Gasteiger partial charge in [-0.15, -0.1) is 5.10 Å². The van der Waals surface area contributed by atoms with Gasteiger partial charge in [0, 0.05) is 16.6 Å². The summed E-state index contributed by atoms with van der Waals surface area (Å²) in [6, 6.07) is 7.64. The Bertz CT molecular complexity index is 524. The van der Waals surface area contributed by atoms with Gasteiger partial charge in [-0.05, 0) is 30.6 Å². The highest BCUT2D eigenvalue weighted by molar-refractivity contribution is 9.10. The fourth-order valence-corrected chi connectivity index (χ4v) is 2.25. The number of amides is 1. The average molecular weight is 312 g/mol. The third-order valence-corrected chi connectivity index (χ3v) is 3.40. The van der Waals surface area contributed by atoms with Crippen molar-refractivity contribution in [2.24, 2.45) is 0 Å². The molecule has 6 heteroatoms. The van der Waals surface area contributed by atoms with E-state index < -0.39 is 0 Å². The Kier molecular flexibility index (Phi) is 3.86. The highest BCUT2D eigenvalue weighted by Gasteiger charge is 2.16. The Labute approximate surface area is 111 Å². The van der Waals surface area contributed by atoms with Crippen LogP contribution in [0, 0.1) is 0 Å². The lowest BCUT2D eigenvalue weighted by molar-refractivity contribution is 0.0960. The molecule has 2 aromatic rings. The maximum atomic E-state index is 11.8. The van der Waals surface area contributed by atoms with Crippen molar-refractivity contribution in [3.05, 3.63) is 33.6 Å². The van der Waals surface area contributed by atoms with Crippen molar-refractivity contribution in [1.29, 1.82) is 0 Å². The molecule has 1 aromatic heterocycles. The van der Waals surface area contributed by atoms with Crippen LogP contribution < -0.4 is 5.32 Å². The quantitative estimate of drug-likeness (QED) is 0.948. The highest BCUT2D eigenvalue weighted by Crippen LogP contribution is 2.25. The Morgan fingerprint density at radius 3 is 2.76 bits per heavy atom. The third-order valence-electron chi connectivity index (χ3n) is 2.15. The van der Waals surface area contributed by atoms with Crippen molar-refractivity contribution >= 4 is 33.4 Å². The van der Waals surface area contributed by atoms with E-state index in [0.29, 0.717) is 17.1 Å². The molecule has 1 aromatic carbocycles. The van der Waals surface area contributed by atoms with E-state index >= 15 is 0 Å². The van der Waals surface area contributed by atoms with Crippen molar-refractivity contribution < 1.29 is 4.79 Å². The molecule has 0 atom stereocenters. The van der Waals surface area contributed by atoms with Crippen molar-refractivity contribution in [2.75, 3.05) is 6.54 Å². The molecule has 0 saturated carbocycles. The monoisotopic (exact) mass is 311 g/mol. The number of hydrogen-bond acceptors (Lipinski definition) is 4. The van der Waals surface area contributed by atoms with Crippen LogP contribution in [0.15, 0.2) is 28.7 Å². The number of nitrogens with zero attached hydrogens (tertiary/aromatic N) is 2. The zero-order valence-corrected chi connectivity index (χ0v) is 11.5. The molecule has 17 heavy (non-hydrogen) atoms. The van der Waals surface area contributed by atoms with Gasteiger partial charge in [-0.25, -0.2) is 0 Å². The summed E-state index contributed by atoms with van der Waals surface area (Å²) in [6.45, 7) is 2.47. The van der Waals surface area contributed by atoms with Crippen molar-refractivity contribution in [1.82, 2.24) is 14.9 Å². The van der Waals surface area contributed by atoms with Crippen LogP contribution >= 0.6 is 27.5 Å². The van der Waals surface area contributed by atoms with E-state index in [-0.39, 0.29) is 5.91 Å². The van der Waals surface area contributed by atoms with Crippen LogP contribution in [0.2, 0.25) is 0 Å². The number of halogens is 1. The highest BCUT2D eigenvalue weighted by atomic mass is 79.9. The first kappa shape index (κ1) is 12.2. The van der Waals surface area contributed by atoms with Gasteiger partial charge in [0.15, 0.2) is 0 Å². The van der Waals surface area contributed by atoms with E-state index in [1.54, 1.807) is 0 Å². The lowest BCUT2D eigenvalue weighted by Gasteiger charge is -2.01. The van der Waals surface area contributed by atoms with Gasteiger partial charge in [0.1, 0.15) is 10.6 Å². The van der Waals surface area contributed by atoms with Crippen LogP contribution in [0.25, 0.3) is 11.3 Å². The Morgan fingerprint density at radius 2 is 2.12 bits per heavy atom. The van der Waals surface area contributed by atoms with E-state index in [1.807, 2.05) is 31.2 Å². The van der Waals surface area contributed by atoms with Crippen LogP contribution in [0.5, 0.6) is 0 Å². The Balaban J connectivity index is 2.36. The summed E-state index contributed by atoms with van der Waals surface area (Å²) >= 11 is 4.48. The normalized spacial score (nSPS) is 10.2. The Hall–Kier alpha value is -1.27. The maximum absolute atomic E-state index is 11.8. The lowest BCUT2D eigenvalue weighted by atomic mass is 10.1. The number of aromatic nitrogens is 2. The standard InChI is InChI=1S/C11H10BrN3OS/c1-2-13-11(16)10-9(14-15-17-10)7-3-5-8(12)6-4-7/h3-6H,2H2,1H3,(H,13,16). The van der Waals surface area contributed by atoms with Crippen LogP contribution in [0.3, 0.4) is 0 Å². The third kappa shape index (κ3) is 2.70. The predicted molar refractivity (Wildman–Crippen MR) is 71.1 cm³/mol. The molecule has 0 aliphatic carbocycles. The summed E-state index contributed by atoms with van der Waals surface area (Å²) in [6.07, 6.45) is 0. The second kappa shape index (κ2) is 5.37. The van der Waals surface area contributed by atoms with Crippen LogP contribution in [-0.2, 0) is 0 Å². The molecule has 0 fully saturated rings. The summed E-state index contributed by atoms with van der Waals surface area (Å²) in [7, 11) is 0. The second-order valence-corrected chi connectivity index (χ2v) is 4.99. The van der Waals surface area contributed by atoms with Gasteiger partial charge >= 0.3 is 0 Å². The Morgan fingerprint density at radius 1 is 1.41 bits per heavy atom. The van der Waals surface area contributed by atoms with Gasteiger partial charge in [0.05, 0.1) is 0 Å². The fourth-order valence-electron chi connectivity index (χ4n) is 1.38. The molecule has 4 nitrogen and oxygen atoms in total. The summed E-state index contributed by atoms with van der Waals surface area (Å²) in [5.41, 5.74) is 1.52. The number of carbonyl (C=O) groups is 1. The minimum Gasteiger partial charge on any atom is -0.351 e. The number of hydrogen-bond donors (Lipinski definition) is 1. The van der Waals surface area contributed by atoms with Gasteiger partial charge < -0.3 is 5.32 Å². The molecule has 0 aliphatic heterocycles. The first-order valence-electron chi connectivity index (χ1n) is 5.09. The largest absolute Gasteiger partial charge is 0.351 e. The number of carbonyl (C=O) groups excluding carboxylic acids is 1. The molecule has 0 unspecified atom stereocenters. The van der Waals surface area contributed by atoms with Crippen LogP contribution in [0.1, 0.15) is 16.6 Å². The molecule has 0 saturated heterocycles. The SMILES string of the molecule is CCNC(=O)c1snnc1-c1ccc(Br)cc1. The van der Waals surface area contributed by atoms with E-state index in [4.69, 9.17) is 0 Å². The van der Waals surface area contributed by atoms with Gasteiger partial charge in [-0.2, -0.15) is 0 Å². The van der Waals surface area contributed by atoms with Gasteiger partial charge in [0.25, 0.3) is 5.91 Å². The van der Waals surface area contributed by atoms with E-state index in [9.17, 15) is 4.79 Å². The minimum absolute atomic E-state index is 0.125. The molecule has 0 aliphatic rings. The number of benzene rings is 1. The molecule has 1 N–H and O–H groups in total. The number of rotatable bonds is 3. The molecule has 0 bridgehead atoms. The van der Waals surface area contributed by atoms with E-state index in [1.165, 1.54) is 0 Å². The fraction of sp³-hybridized carbons (Fsp3) is 0.182. The van der Waals surface area contributed by atoms with Crippen molar-refractivity contribution in [2.45, 2.75) is 6.92 Å². The van der Waals surface area contributed by atoms with Gasteiger partial charge in [-0.3, -0.25) is 4.79 Å². The molecule has 1 heterocycles. The van der Waals surface area contributed by atoms with Crippen LogP contribution in [-0.4, -0.2) is 22.0 Å². The van der Waals surface area contributed by atoms with E-state index in [0.717, 1.165) is 21.6 Å². The summed E-state index contributed by atoms with van der Waals surface area (Å²) in [5, 5.41) is 6.76. The lowest BCUT2D eigenvalue weighted by Crippen LogP contribution is -2.22. The van der Waals surface area contributed by atoms with Crippen LogP contribution in [0.4, 0.5) is 0 Å². The predicted octanol–water partition coefficient (Wildman–Crippen LogP) is 2.72. The zero-order chi connectivity index (χ0) is 12.3. The first-order valence-corrected chi connectivity index (χ1v) is 6.65. The smallest absolute Gasteiger partial charge is 0.265 e. The van der Waals surface area contributed by atoms with Gasteiger partial charge in [0.2, 0.25) is 0 Å². The summed E-state index contributed by atoms with van der Waals surface area (Å²) < 4.78 is 4.83. The topological polar surface area (TPSA) is 54.9 Å². The summed E-state index contributed by atoms with van der Waals surface area (Å²) in [4.78, 5) is 12.3. The molecule has 0 radical (unpaired) electrons. The molecule has 88 valence electrons.